The average Bonchev–Trinajstić information content (AvgIpc) is 2.45. The molecule has 0 saturated carbocycles. The Balaban J connectivity index is 2.44. The van der Waals surface area contributed by atoms with Crippen LogP contribution in [0.4, 0.5) is 5.69 Å². The van der Waals surface area contributed by atoms with Gasteiger partial charge < -0.3 is 9.72 Å². The van der Waals surface area contributed by atoms with E-state index < -0.39 is 16.2 Å². The third kappa shape index (κ3) is 2.82. The zero-order chi connectivity index (χ0) is 14.5. The lowest BCUT2D eigenvalue weighted by Crippen LogP contribution is -2.13. The second kappa shape index (κ2) is 5.96. The van der Waals surface area contributed by atoms with Crippen molar-refractivity contribution in [1.82, 2.24) is 9.97 Å². The highest BCUT2D eigenvalue weighted by atomic mass is 16.6. The molecule has 0 saturated heterocycles. The van der Waals surface area contributed by atoms with Crippen molar-refractivity contribution in [2.45, 2.75) is 13.3 Å². The standard InChI is InChI=1S/C13H13N3O4/c1-2-7-20-11-6-4-3-5-9(11)12-14-8-10(16(18)19)13(17)15-12/h3-6,8H,2,7H2,1H3,(H,14,15,17). The van der Waals surface area contributed by atoms with Gasteiger partial charge in [0.2, 0.25) is 0 Å². The summed E-state index contributed by atoms with van der Waals surface area (Å²) in [6.07, 6.45) is 1.79. The van der Waals surface area contributed by atoms with Crippen LogP contribution in [0.25, 0.3) is 11.4 Å². The Morgan fingerprint density at radius 1 is 1.40 bits per heavy atom. The first-order valence-electron chi connectivity index (χ1n) is 6.09. The van der Waals surface area contributed by atoms with Crippen LogP contribution < -0.4 is 10.3 Å². The van der Waals surface area contributed by atoms with Gasteiger partial charge in [0.05, 0.1) is 17.1 Å². The third-order valence-corrected chi connectivity index (χ3v) is 2.58. The number of nitrogens with one attached hydrogen (secondary N) is 1. The molecule has 0 spiro atoms. The Labute approximate surface area is 114 Å². The Morgan fingerprint density at radius 2 is 2.15 bits per heavy atom. The van der Waals surface area contributed by atoms with E-state index in [4.69, 9.17) is 4.74 Å². The van der Waals surface area contributed by atoms with Crippen molar-refractivity contribution in [1.29, 1.82) is 0 Å². The molecule has 0 unspecified atom stereocenters. The number of aromatic nitrogens is 2. The van der Waals surface area contributed by atoms with Crippen LogP contribution in [-0.2, 0) is 0 Å². The second-order valence-electron chi connectivity index (χ2n) is 4.05. The number of nitrogens with zero attached hydrogens (tertiary/aromatic N) is 2. The topological polar surface area (TPSA) is 98.1 Å². The van der Waals surface area contributed by atoms with E-state index in [1.165, 1.54) is 0 Å². The number of hydrogen-bond donors (Lipinski definition) is 1. The summed E-state index contributed by atoms with van der Waals surface area (Å²) in [7, 11) is 0. The molecule has 1 aromatic heterocycles. The van der Waals surface area contributed by atoms with Crippen LogP contribution in [0.1, 0.15) is 13.3 Å². The first-order valence-corrected chi connectivity index (χ1v) is 6.09. The molecule has 2 aromatic rings. The number of aromatic amines is 1. The lowest BCUT2D eigenvalue weighted by molar-refractivity contribution is -0.386. The van der Waals surface area contributed by atoms with Crippen LogP contribution in [0.2, 0.25) is 0 Å². The first kappa shape index (κ1) is 13.7. The Morgan fingerprint density at radius 3 is 2.80 bits per heavy atom. The van der Waals surface area contributed by atoms with Crippen molar-refractivity contribution in [3.8, 4) is 17.1 Å². The zero-order valence-electron chi connectivity index (χ0n) is 10.8. The van der Waals surface area contributed by atoms with E-state index in [2.05, 4.69) is 9.97 Å². The molecule has 104 valence electrons. The quantitative estimate of drug-likeness (QED) is 0.665. The van der Waals surface area contributed by atoms with Gasteiger partial charge in [0, 0.05) is 0 Å². The highest BCUT2D eigenvalue weighted by Gasteiger charge is 2.15. The van der Waals surface area contributed by atoms with Crippen LogP contribution >= 0.6 is 0 Å². The fraction of sp³-hybridized carbons (Fsp3) is 0.231. The maximum Gasteiger partial charge on any atom is 0.351 e. The smallest absolute Gasteiger partial charge is 0.351 e. The van der Waals surface area contributed by atoms with Gasteiger partial charge in [-0.05, 0) is 18.6 Å². The fourth-order valence-corrected chi connectivity index (χ4v) is 1.66. The van der Waals surface area contributed by atoms with Gasteiger partial charge in [0.1, 0.15) is 17.8 Å². The van der Waals surface area contributed by atoms with Gasteiger partial charge >= 0.3 is 11.2 Å². The molecule has 0 aliphatic heterocycles. The van der Waals surface area contributed by atoms with E-state index in [9.17, 15) is 14.9 Å². The SMILES string of the molecule is CCCOc1ccccc1-c1ncc([N+](=O)[O-])c(=O)[nH]1. The van der Waals surface area contributed by atoms with Gasteiger partial charge in [0.25, 0.3) is 0 Å². The van der Waals surface area contributed by atoms with Crippen LogP contribution in [0.15, 0.2) is 35.3 Å². The molecule has 0 bridgehead atoms. The minimum absolute atomic E-state index is 0.243. The monoisotopic (exact) mass is 275 g/mol. The van der Waals surface area contributed by atoms with E-state index in [1.54, 1.807) is 24.3 Å². The van der Waals surface area contributed by atoms with Crippen molar-refractivity contribution in [2.24, 2.45) is 0 Å². The molecule has 1 N–H and O–H groups in total. The van der Waals surface area contributed by atoms with Crippen molar-refractivity contribution >= 4 is 5.69 Å². The molecule has 0 atom stereocenters. The molecule has 0 radical (unpaired) electrons. The number of nitro groups is 1. The van der Waals surface area contributed by atoms with Crippen LogP contribution in [0.5, 0.6) is 5.75 Å². The van der Waals surface area contributed by atoms with E-state index in [1.807, 2.05) is 6.92 Å². The summed E-state index contributed by atoms with van der Waals surface area (Å²) in [5.41, 5.74) is -0.779. The third-order valence-electron chi connectivity index (χ3n) is 2.58. The lowest BCUT2D eigenvalue weighted by Gasteiger charge is -2.09. The number of rotatable bonds is 5. The Hall–Kier alpha value is -2.70. The summed E-state index contributed by atoms with van der Waals surface area (Å²) in [5.74, 6) is 0.818. The molecule has 0 fully saturated rings. The van der Waals surface area contributed by atoms with E-state index in [0.29, 0.717) is 17.9 Å². The Bertz CT molecular complexity index is 681. The van der Waals surface area contributed by atoms with Crippen molar-refractivity contribution in [2.75, 3.05) is 6.61 Å². The van der Waals surface area contributed by atoms with E-state index in [-0.39, 0.29) is 5.82 Å². The van der Waals surface area contributed by atoms with Crippen molar-refractivity contribution in [3.05, 3.63) is 50.9 Å². The largest absolute Gasteiger partial charge is 0.493 e. The van der Waals surface area contributed by atoms with Crippen LogP contribution in [-0.4, -0.2) is 21.5 Å². The average molecular weight is 275 g/mol. The zero-order valence-corrected chi connectivity index (χ0v) is 10.8. The predicted octanol–water partition coefficient (Wildman–Crippen LogP) is 2.13. The maximum absolute atomic E-state index is 11.6. The molecular formula is C13H13N3O4. The normalized spacial score (nSPS) is 10.2. The summed E-state index contributed by atoms with van der Waals surface area (Å²) in [4.78, 5) is 27.8. The molecule has 0 amide bonds. The molecule has 2 rings (SSSR count). The molecule has 0 aliphatic carbocycles. The van der Waals surface area contributed by atoms with Gasteiger partial charge in [-0.3, -0.25) is 14.9 Å². The highest BCUT2D eigenvalue weighted by molar-refractivity contribution is 5.64. The van der Waals surface area contributed by atoms with Crippen molar-refractivity contribution < 1.29 is 9.66 Å². The number of para-hydroxylation sites is 1. The number of benzene rings is 1. The van der Waals surface area contributed by atoms with Gasteiger partial charge in [-0.15, -0.1) is 0 Å². The molecule has 20 heavy (non-hydrogen) atoms. The van der Waals surface area contributed by atoms with E-state index in [0.717, 1.165) is 12.6 Å². The van der Waals surface area contributed by atoms with Gasteiger partial charge in [-0.25, -0.2) is 4.98 Å². The maximum atomic E-state index is 11.6. The minimum atomic E-state index is -0.787. The second-order valence-corrected chi connectivity index (χ2v) is 4.05. The van der Waals surface area contributed by atoms with Crippen molar-refractivity contribution in [3.63, 3.8) is 0 Å². The molecule has 7 nitrogen and oxygen atoms in total. The number of hydrogen-bond acceptors (Lipinski definition) is 5. The molecule has 0 aliphatic rings. The fourth-order valence-electron chi connectivity index (χ4n) is 1.66. The van der Waals surface area contributed by atoms with Gasteiger partial charge in [-0.1, -0.05) is 19.1 Å². The number of H-pyrrole nitrogens is 1. The van der Waals surface area contributed by atoms with Gasteiger partial charge in [-0.2, -0.15) is 0 Å². The summed E-state index contributed by atoms with van der Waals surface area (Å²) < 4.78 is 5.56. The van der Waals surface area contributed by atoms with Gasteiger partial charge in [0.15, 0.2) is 0 Å². The summed E-state index contributed by atoms with van der Waals surface area (Å²) in [6, 6.07) is 7.06. The van der Waals surface area contributed by atoms with Crippen LogP contribution in [0.3, 0.4) is 0 Å². The van der Waals surface area contributed by atoms with Crippen LogP contribution in [0, 0.1) is 10.1 Å². The molecular weight excluding hydrogens is 262 g/mol. The minimum Gasteiger partial charge on any atom is -0.493 e. The summed E-state index contributed by atoms with van der Waals surface area (Å²) >= 11 is 0. The molecule has 1 heterocycles. The first-order chi connectivity index (χ1) is 9.63. The predicted molar refractivity (Wildman–Crippen MR) is 72.7 cm³/mol. The highest BCUT2D eigenvalue weighted by Crippen LogP contribution is 2.26. The summed E-state index contributed by atoms with van der Waals surface area (Å²) in [5, 5.41) is 10.6. The molecule has 1 aromatic carbocycles. The van der Waals surface area contributed by atoms with E-state index >= 15 is 0 Å². The Kier molecular flexibility index (Phi) is 4.09. The lowest BCUT2D eigenvalue weighted by atomic mass is 10.2. The molecule has 7 heteroatoms. The summed E-state index contributed by atoms with van der Waals surface area (Å²) in [6.45, 7) is 2.52. The number of ether oxygens (including phenoxy) is 1.